The van der Waals surface area contributed by atoms with Crippen molar-refractivity contribution in [3.05, 3.63) is 0 Å². The van der Waals surface area contributed by atoms with Crippen molar-refractivity contribution in [2.45, 2.75) is 0 Å². The van der Waals surface area contributed by atoms with Crippen LogP contribution < -0.4 is 10.6 Å². The van der Waals surface area contributed by atoms with Crippen molar-refractivity contribution in [3.63, 3.8) is 0 Å². The monoisotopic (exact) mass is 245 g/mol. The minimum atomic E-state index is -0.106. The summed E-state index contributed by atoms with van der Waals surface area (Å²) in [5.74, 6) is -0.106. The molecule has 6 nitrogen and oxygen atoms in total. The van der Waals surface area contributed by atoms with E-state index in [9.17, 15) is 4.79 Å². The largest absolute Gasteiger partial charge is 0.378 e. The second-order valence-electron chi connectivity index (χ2n) is 3.93. The van der Waals surface area contributed by atoms with Gasteiger partial charge in [0.15, 0.2) is 0 Å². The van der Waals surface area contributed by atoms with E-state index in [0.717, 1.165) is 39.3 Å². The van der Waals surface area contributed by atoms with E-state index in [1.54, 1.807) is 7.05 Å². The molecule has 0 unspecified atom stereocenters. The summed E-state index contributed by atoms with van der Waals surface area (Å²) in [6.07, 6.45) is 0. The molecule has 0 atom stereocenters. The van der Waals surface area contributed by atoms with Crippen LogP contribution in [0.25, 0.3) is 0 Å². The smallest absolute Gasteiger partial charge is 0.245 e. The van der Waals surface area contributed by atoms with E-state index in [-0.39, 0.29) is 12.5 Å². The lowest BCUT2D eigenvalue weighted by Gasteiger charge is -2.26. The number of nitrogens with zero attached hydrogens (tertiary/aromatic N) is 1. The van der Waals surface area contributed by atoms with E-state index in [2.05, 4.69) is 15.5 Å². The number of amides is 1. The van der Waals surface area contributed by atoms with Gasteiger partial charge in [0.1, 0.15) is 6.61 Å². The first-order chi connectivity index (χ1) is 8.33. The minimum absolute atomic E-state index is 0.106. The van der Waals surface area contributed by atoms with Crippen LogP contribution in [0, 0.1) is 0 Å². The van der Waals surface area contributed by atoms with E-state index < -0.39 is 0 Å². The molecular formula is C11H23N3O3. The predicted molar refractivity (Wildman–Crippen MR) is 65.0 cm³/mol. The number of hydrogen-bond acceptors (Lipinski definition) is 5. The normalized spacial score (nSPS) is 17.0. The highest BCUT2D eigenvalue weighted by atomic mass is 16.5. The van der Waals surface area contributed by atoms with Crippen LogP contribution in [0.15, 0.2) is 0 Å². The standard InChI is InChI=1S/C11H23N3O3/c1-12-11(15)10-17-9-8-16-7-6-14-4-2-13-3-5-14/h13H,2-10H2,1H3,(H,12,15). The molecule has 0 aromatic rings. The summed E-state index contributed by atoms with van der Waals surface area (Å²) < 4.78 is 10.6. The molecule has 17 heavy (non-hydrogen) atoms. The van der Waals surface area contributed by atoms with Crippen LogP contribution in [0.2, 0.25) is 0 Å². The first-order valence-electron chi connectivity index (χ1n) is 6.12. The zero-order chi connectivity index (χ0) is 12.3. The summed E-state index contributed by atoms with van der Waals surface area (Å²) in [6, 6.07) is 0. The second-order valence-corrected chi connectivity index (χ2v) is 3.93. The molecule has 1 saturated heterocycles. The van der Waals surface area contributed by atoms with Crippen LogP contribution in [-0.2, 0) is 14.3 Å². The molecule has 1 amide bonds. The Bertz CT molecular complexity index is 208. The number of hydrogen-bond donors (Lipinski definition) is 2. The highest BCUT2D eigenvalue weighted by molar-refractivity contribution is 5.76. The fourth-order valence-electron chi connectivity index (χ4n) is 1.59. The maximum atomic E-state index is 10.8. The molecule has 100 valence electrons. The van der Waals surface area contributed by atoms with Crippen molar-refractivity contribution >= 4 is 5.91 Å². The van der Waals surface area contributed by atoms with Gasteiger partial charge >= 0.3 is 0 Å². The Morgan fingerprint density at radius 2 is 1.94 bits per heavy atom. The minimum Gasteiger partial charge on any atom is -0.378 e. The van der Waals surface area contributed by atoms with Crippen LogP contribution in [0.5, 0.6) is 0 Å². The highest BCUT2D eigenvalue weighted by Crippen LogP contribution is 1.91. The lowest BCUT2D eigenvalue weighted by Crippen LogP contribution is -2.44. The van der Waals surface area contributed by atoms with Crippen LogP contribution >= 0.6 is 0 Å². The Labute approximate surface area is 103 Å². The summed E-state index contributed by atoms with van der Waals surface area (Å²) in [4.78, 5) is 13.2. The van der Waals surface area contributed by atoms with Gasteiger partial charge in [0, 0.05) is 39.8 Å². The van der Waals surface area contributed by atoms with Crippen molar-refractivity contribution in [1.29, 1.82) is 0 Å². The van der Waals surface area contributed by atoms with Crippen LogP contribution in [0.3, 0.4) is 0 Å². The molecule has 1 rings (SSSR count). The zero-order valence-electron chi connectivity index (χ0n) is 10.5. The lowest BCUT2D eigenvalue weighted by atomic mass is 10.4. The molecule has 0 spiro atoms. The SMILES string of the molecule is CNC(=O)COCCOCCN1CCNCC1. The Morgan fingerprint density at radius 1 is 1.24 bits per heavy atom. The number of ether oxygens (including phenoxy) is 2. The molecule has 1 aliphatic heterocycles. The van der Waals surface area contributed by atoms with E-state index in [1.165, 1.54) is 0 Å². The first kappa shape index (κ1) is 14.4. The van der Waals surface area contributed by atoms with Gasteiger partial charge in [-0.2, -0.15) is 0 Å². The molecular weight excluding hydrogens is 222 g/mol. The van der Waals surface area contributed by atoms with Crippen molar-refractivity contribution < 1.29 is 14.3 Å². The van der Waals surface area contributed by atoms with Gasteiger partial charge in [0.2, 0.25) is 5.91 Å². The first-order valence-corrected chi connectivity index (χ1v) is 6.12. The van der Waals surface area contributed by atoms with Gasteiger partial charge in [-0.15, -0.1) is 0 Å². The Hall–Kier alpha value is -0.690. The zero-order valence-corrected chi connectivity index (χ0v) is 10.5. The number of likely N-dealkylation sites (N-methyl/N-ethyl adjacent to an activating group) is 1. The lowest BCUT2D eigenvalue weighted by molar-refractivity contribution is -0.125. The fourth-order valence-corrected chi connectivity index (χ4v) is 1.59. The third kappa shape index (κ3) is 7.27. The molecule has 0 aliphatic carbocycles. The maximum absolute atomic E-state index is 10.8. The van der Waals surface area contributed by atoms with Gasteiger partial charge in [-0.1, -0.05) is 0 Å². The Kier molecular flexibility index (Phi) is 7.91. The number of carbonyl (C=O) groups excluding carboxylic acids is 1. The maximum Gasteiger partial charge on any atom is 0.245 e. The molecule has 1 aliphatic rings. The van der Waals surface area contributed by atoms with Gasteiger partial charge in [0.25, 0.3) is 0 Å². The van der Waals surface area contributed by atoms with Gasteiger partial charge in [-0.05, 0) is 0 Å². The summed E-state index contributed by atoms with van der Waals surface area (Å²) in [6.45, 7) is 7.13. The summed E-state index contributed by atoms with van der Waals surface area (Å²) in [7, 11) is 1.59. The molecule has 0 saturated carbocycles. The molecule has 0 aromatic carbocycles. The topological polar surface area (TPSA) is 62.8 Å². The van der Waals surface area contributed by atoms with Crippen LogP contribution in [0.1, 0.15) is 0 Å². The van der Waals surface area contributed by atoms with E-state index in [4.69, 9.17) is 9.47 Å². The van der Waals surface area contributed by atoms with Crippen LogP contribution in [0.4, 0.5) is 0 Å². The van der Waals surface area contributed by atoms with Gasteiger partial charge in [-0.25, -0.2) is 0 Å². The van der Waals surface area contributed by atoms with Crippen molar-refractivity contribution in [2.24, 2.45) is 0 Å². The average Bonchev–Trinajstić information content (AvgIpc) is 2.38. The third-order valence-electron chi connectivity index (χ3n) is 2.65. The molecule has 1 heterocycles. The summed E-state index contributed by atoms with van der Waals surface area (Å²) in [5, 5.41) is 5.80. The van der Waals surface area contributed by atoms with Gasteiger partial charge in [0.05, 0.1) is 19.8 Å². The van der Waals surface area contributed by atoms with Crippen molar-refractivity contribution in [3.8, 4) is 0 Å². The number of rotatable bonds is 8. The third-order valence-corrected chi connectivity index (χ3v) is 2.65. The molecule has 1 fully saturated rings. The van der Waals surface area contributed by atoms with E-state index >= 15 is 0 Å². The fraction of sp³-hybridized carbons (Fsp3) is 0.909. The summed E-state index contributed by atoms with van der Waals surface area (Å²) >= 11 is 0. The van der Waals surface area contributed by atoms with Crippen molar-refractivity contribution in [2.75, 3.05) is 66.2 Å². The number of carbonyl (C=O) groups is 1. The van der Waals surface area contributed by atoms with Crippen molar-refractivity contribution in [1.82, 2.24) is 15.5 Å². The van der Waals surface area contributed by atoms with Gasteiger partial charge < -0.3 is 20.1 Å². The Morgan fingerprint density at radius 3 is 2.65 bits per heavy atom. The van der Waals surface area contributed by atoms with Gasteiger partial charge in [-0.3, -0.25) is 9.69 Å². The molecule has 2 N–H and O–H groups in total. The van der Waals surface area contributed by atoms with E-state index in [1.807, 2.05) is 0 Å². The number of nitrogens with one attached hydrogen (secondary N) is 2. The van der Waals surface area contributed by atoms with Crippen LogP contribution in [-0.4, -0.2) is 77.0 Å². The molecule has 0 aromatic heterocycles. The quantitative estimate of drug-likeness (QED) is 0.519. The molecule has 6 heteroatoms. The Balaban J connectivity index is 1.82. The van der Waals surface area contributed by atoms with E-state index in [0.29, 0.717) is 13.2 Å². The second kappa shape index (κ2) is 9.35. The average molecular weight is 245 g/mol. The highest BCUT2D eigenvalue weighted by Gasteiger charge is 2.08. The molecule has 0 radical (unpaired) electrons. The predicted octanol–water partition coefficient (Wildman–Crippen LogP) is -1.33. The summed E-state index contributed by atoms with van der Waals surface area (Å²) in [5.41, 5.74) is 0. The number of piperazine rings is 1. The molecule has 0 bridgehead atoms.